The molecule has 105 heavy (non-hydrogen) atoms. The quantitative estimate of drug-likeness (QED) is 0.0222. The third kappa shape index (κ3) is 78.5. The molecule has 0 rings (SSSR count). The van der Waals surface area contributed by atoms with Gasteiger partial charge in [-0.1, -0.05) is 408 Å². The average Bonchev–Trinajstić information content (AvgIpc) is 0.919. The monoisotopic (exact) mass is 1540 g/mol. The second-order valence-corrected chi connectivity index (χ2v) is 34.6. The predicted octanol–water partition coefficient (Wildman–Crippen LogP) is 26.2. The van der Waals surface area contributed by atoms with Gasteiger partial charge in [0.2, 0.25) is 0 Å². The number of hydrogen-bond acceptors (Lipinski definition) is 15. The van der Waals surface area contributed by atoms with Gasteiger partial charge in [0.15, 0.2) is 12.2 Å². The third-order valence-electron chi connectivity index (χ3n) is 20.6. The third-order valence-corrected chi connectivity index (χ3v) is 22.5. The van der Waals surface area contributed by atoms with Crippen molar-refractivity contribution >= 4 is 39.5 Å². The Morgan fingerprint density at radius 3 is 0.724 bits per heavy atom. The first-order chi connectivity index (χ1) is 50.9. The number of phosphoric ester groups is 2. The van der Waals surface area contributed by atoms with E-state index in [1.54, 1.807) is 0 Å². The first-order valence-electron chi connectivity index (χ1n) is 44.5. The zero-order valence-electron chi connectivity index (χ0n) is 69.0. The number of ether oxygens (including phenoxy) is 4. The smallest absolute Gasteiger partial charge is 0.462 e. The fraction of sp³-hybridized carbons (Fsp3) is 0.953. The minimum Gasteiger partial charge on any atom is -0.462 e. The molecule has 0 fully saturated rings. The van der Waals surface area contributed by atoms with E-state index in [0.29, 0.717) is 25.7 Å². The number of carbonyl (C=O) groups is 4. The number of aliphatic hydroxyl groups is 1. The lowest BCUT2D eigenvalue weighted by atomic mass is 9.99. The molecule has 0 aliphatic rings. The molecule has 19 heteroatoms. The molecule has 0 amide bonds. The van der Waals surface area contributed by atoms with Crippen molar-refractivity contribution in [2.24, 2.45) is 11.8 Å². The number of aliphatic hydroxyl groups excluding tert-OH is 1. The van der Waals surface area contributed by atoms with Crippen molar-refractivity contribution in [2.45, 2.75) is 477 Å². The minimum absolute atomic E-state index is 0.107. The van der Waals surface area contributed by atoms with E-state index in [9.17, 15) is 43.2 Å². The molecule has 0 heterocycles. The minimum atomic E-state index is -4.96. The maximum Gasteiger partial charge on any atom is 0.472 e. The molecule has 3 unspecified atom stereocenters. The number of carbonyl (C=O) groups excluding carboxylic acids is 4. The summed E-state index contributed by atoms with van der Waals surface area (Å²) in [4.78, 5) is 72.9. The summed E-state index contributed by atoms with van der Waals surface area (Å²) < 4.78 is 68.6. The van der Waals surface area contributed by atoms with E-state index in [1.807, 2.05) is 0 Å². The maximum absolute atomic E-state index is 13.1. The summed E-state index contributed by atoms with van der Waals surface area (Å²) in [5.41, 5.74) is 0. The van der Waals surface area contributed by atoms with Crippen LogP contribution in [0.4, 0.5) is 0 Å². The molecule has 0 aromatic rings. The molecule has 0 aliphatic heterocycles. The first kappa shape index (κ1) is 103. The van der Waals surface area contributed by atoms with Crippen LogP contribution in [-0.2, 0) is 65.4 Å². The lowest BCUT2D eigenvalue weighted by Crippen LogP contribution is -2.30. The SMILES string of the molecule is CCCCCCCCCCCCCCCCCCCCCCCC(=O)OC[C@H](COP(=O)(O)OC[C@@H](O)COP(=O)(O)OC[C@@H](COC(=O)CCCCCCC)OC(=O)CCCCCCCCCCCCCCCCC(C)CC)OC(=O)CCCCCCCCCCCCCCCCCCCCC(C)C. The number of rotatable bonds is 85. The van der Waals surface area contributed by atoms with E-state index in [4.69, 9.17) is 37.0 Å². The standard InChI is InChI=1S/C86H168O17P2/c1-7-10-12-14-15-16-17-18-19-20-21-22-23-27-30-36-41-46-51-57-63-69-84(89)97-75-82(103-86(91)71-65-58-52-47-42-37-31-28-25-24-26-29-34-39-44-49-55-60-66-78(4)5)77-101-105(94,95)99-73-80(87)72-98-104(92,93)100-76-81(74-96-83(88)68-62-54-13-11-8-2)102-85(90)70-64-59-53-48-43-38-33-32-35-40-45-50-56-61-67-79(6)9-3/h78-82,87H,7-77H2,1-6H3,(H,92,93)(H,94,95)/t79?,80-,81+,82+/m0/s1. The molecule has 624 valence electrons. The molecular formula is C86H168O17P2. The summed E-state index contributed by atoms with van der Waals surface area (Å²) in [7, 11) is -9.92. The molecule has 0 radical (unpaired) electrons. The normalized spacial score (nSPS) is 14.1. The number of hydrogen-bond donors (Lipinski definition) is 3. The van der Waals surface area contributed by atoms with Crippen LogP contribution in [0.3, 0.4) is 0 Å². The van der Waals surface area contributed by atoms with Crippen LogP contribution in [0, 0.1) is 11.8 Å². The van der Waals surface area contributed by atoms with Crippen LogP contribution in [0.5, 0.6) is 0 Å². The molecule has 0 aromatic carbocycles. The summed E-state index contributed by atoms with van der Waals surface area (Å²) in [6.07, 6.45) is 70.0. The van der Waals surface area contributed by atoms with E-state index >= 15 is 0 Å². The highest BCUT2D eigenvalue weighted by Gasteiger charge is 2.30. The number of esters is 4. The fourth-order valence-corrected chi connectivity index (χ4v) is 15.0. The van der Waals surface area contributed by atoms with Crippen molar-refractivity contribution in [3.05, 3.63) is 0 Å². The van der Waals surface area contributed by atoms with Crippen LogP contribution in [0.1, 0.15) is 459 Å². The van der Waals surface area contributed by atoms with Gasteiger partial charge < -0.3 is 33.8 Å². The van der Waals surface area contributed by atoms with Gasteiger partial charge in [-0.05, 0) is 37.5 Å². The molecule has 6 atom stereocenters. The van der Waals surface area contributed by atoms with Crippen LogP contribution < -0.4 is 0 Å². The first-order valence-corrected chi connectivity index (χ1v) is 47.5. The van der Waals surface area contributed by atoms with Crippen LogP contribution in [0.2, 0.25) is 0 Å². The number of phosphoric acid groups is 2. The highest BCUT2D eigenvalue weighted by atomic mass is 31.2. The maximum atomic E-state index is 13.1. The van der Waals surface area contributed by atoms with Gasteiger partial charge in [-0.15, -0.1) is 0 Å². The van der Waals surface area contributed by atoms with E-state index in [-0.39, 0.29) is 25.7 Å². The molecule has 17 nitrogen and oxygen atoms in total. The van der Waals surface area contributed by atoms with E-state index in [0.717, 1.165) is 108 Å². The zero-order valence-corrected chi connectivity index (χ0v) is 70.8. The summed E-state index contributed by atoms with van der Waals surface area (Å²) in [6.45, 7) is 9.66. The molecule has 0 bridgehead atoms. The Balaban J connectivity index is 5.10. The van der Waals surface area contributed by atoms with Gasteiger partial charge in [0.1, 0.15) is 19.3 Å². The molecular weight excluding hydrogens is 1370 g/mol. The van der Waals surface area contributed by atoms with Gasteiger partial charge in [0.05, 0.1) is 26.4 Å². The van der Waals surface area contributed by atoms with Crippen molar-refractivity contribution in [1.29, 1.82) is 0 Å². The average molecular weight is 1540 g/mol. The van der Waals surface area contributed by atoms with E-state index in [1.165, 1.54) is 270 Å². The molecule has 0 aliphatic carbocycles. The lowest BCUT2D eigenvalue weighted by Gasteiger charge is -2.21. The Morgan fingerprint density at radius 1 is 0.276 bits per heavy atom. The van der Waals surface area contributed by atoms with Gasteiger partial charge in [-0.2, -0.15) is 0 Å². The van der Waals surface area contributed by atoms with Crippen molar-refractivity contribution < 1.29 is 80.2 Å². The second kappa shape index (κ2) is 77.4. The fourth-order valence-electron chi connectivity index (χ4n) is 13.4. The summed E-state index contributed by atoms with van der Waals surface area (Å²) in [5.74, 6) is -0.448. The summed E-state index contributed by atoms with van der Waals surface area (Å²) >= 11 is 0. The zero-order chi connectivity index (χ0) is 77.1. The van der Waals surface area contributed by atoms with Gasteiger partial charge in [-0.25, -0.2) is 9.13 Å². The number of unbranched alkanes of at least 4 members (excludes halogenated alkanes) is 54. The second-order valence-electron chi connectivity index (χ2n) is 31.6. The van der Waals surface area contributed by atoms with Crippen LogP contribution >= 0.6 is 15.6 Å². The van der Waals surface area contributed by atoms with Gasteiger partial charge in [-0.3, -0.25) is 37.3 Å². The highest BCUT2D eigenvalue weighted by Crippen LogP contribution is 2.45. The van der Waals surface area contributed by atoms with Crippen molar-refractivity contribution in [3.63, 3.8) is 0 Å². The molecule has 3 N–H and O–H groups in total. The molecule has 0 spiro atoms. The van der Waals surface area contributed by atoms with Crippen LogP contribution in [0.15, 0.2) is 0 Å². The van der Waals surface area contributed by atoms with Crippen molar-refractivity contribution in [2.75, 3.05) is 39.6 Å². The van der Waals surface area contributed by atoms with Gasteiger partial charge in [0.25, 0.3) is 0 Å². The van der Waals surface area contributed by atoms with Crippen LogP contribution in [0.25, 0.3) is 0 Å². The Kier molecular flexibility index (Phi) is 76.0. The molecule has 0 saturated heterocycles. The largest absolute Gasteiger partial charge is 0.472 e. The van der Waals surface area contributed by atoms with Gasteiger partial charge >= 0.3 is 39.5 Å². The van der Waals surface area contributed by atoms with E-state index < -0.39 is 97.5 Å². The topological polar surface area (TPSA) is 237 Å². The highest BCUT2D eigenvalue weighted by molar-refractivity contribution is 7.47. The van der Waals surface area contributed by atoms with Gasteiger partial charge in [0, 0.05) is 25.7 Å². The Bertz CT molecular complexity index is 2010. The summed E-state index contributed by atoms with van der Waals surface area (Å²) in [5, 5.41) is 10.6. The predicted molar refractivity (Wildman–Crippen MR) is 432 cm³/mol. The lowest BCUT2D eigenvalue weighted by molar-refractivity contribution is -0.161. The van der Waals surface area contributed by atoms with E-state index in [2.05, 4.69) is 41.5 Å². The van der Waals surface area contributed by atoms with Crippen molar-refractivity contribution in [3.8, 4) is 0 Å². The van der Waals surface area contributed by atoms with Crippen molar-refractivity contribution in [1.82, 2.24) is 0 Å². The Hall–Kier alpha value is -1.94. The molecule has 0 saturated carbocycles. The summed E-state index contributed by atoms with van der Waals surface area (Å²) in [6, 6.07) is 0. The Labute approximate surface area is 645 Å². The van der Waals surface area contributed by atoms with Crippen LogP contribution in [-0.4, -0.2) is 96.7 Å². The molecule has 0 aromatic heterocycles. The Morgan fingerprint density at radius 2 is 0.486 bits per heavy atom.